The van der Waals surface area contributed by atoms with Crippen molar-refractivity contribution in [2.24, 2.45) is 0 Å². The van der Waals surface area contributed by atoms with E-state index >= 15 is 0 Å². The van der Waals surface area contributed by atoms with Gasteiger partial charge in [0.15, 0.2) is 0 Å². The molecule has 0 unspecified atom stereocenters. The number of hydrogen-bond acceptors (Lipinski definition) is 4. The number of rotatable bonds is 3. The van der Waals surface area contributed by atoms with Gasteiger partial charge in [-0.3, -0.25) is 4.79 Å². The first-order valence-electron chi connectivity index (χ1n) is 3.52. The number of pyridine rings is 1. The SMILES string of the molecule is O=C(O)Cc1ccc(Br)nc1[N+](=O)[O-]. The zero-order valence-electron chi connectivity index (χ0n) is 6.81. The fourth-order valence-corrected chi connectivity index (χ4v) is 1.21. The standard InChI is InChI=1S/C7H5BrN2O4/c8-5-2-1-4(3-6(11)12)7(9-5)10(13)14/h1-2H,3H2,(H,11,12). The lowest BCUT2D eigenvalue weighted by Gasteiger charge is -1.98. The van der Waals surface area contributed by atoms with Gasteiger partial charge in [-0.25, -0.2) is 0 Å². The van der Waals surface area contributed by atoms with Gasteiger partial charge < -0.3 is 15.2 Å². The number of aromatic nitrogens is 1. The highest BCUT2D eigenvalue weighted by Crippen LogP contribution is 2.19. The summed E-state index contributed by atoms with van der Waals surface area (Å²) in [5.41, 5.74) is 0.0886. The average molecular weight is 261 g/mol. The molecule has 0 spiro atoms. The summed E-state index contributed by atoms with van der Waals surface area (Å²) in [7, 11) is 0. The van der Waals surface area contributed by atoms with Crippen molar-refractivity contribution in [3.63, 3.8) is 0 Å². The second-order valence-electron chi connectivity index (χ2n) is 2.44. The molecule has 1 aromatic rings. The molecular formula is C7H5BrN2O4. The first-order valence-corrected chi connectivity index (χ1v) is 4.31. The molecule has 0 amide bonds. The number of carboxylic acid groups (broad SMARTS) is 1. The molecule has 0 fully saturated rings. The molecule has 0 saturated carbocycles. The van der Waals surface area contributed by atoms with Crippen molar-refractivity contribution >= 4 is 27.7 Å². The molecule has 0 aliphatic rings. The lowest BCUT2D eigenvalue weighted by Crippen LogP contribution is -2.05. The molecule has 0 aliphatic heterocycles. The summed E-state index contributed by atoms with van der Waals surface area (Å²) in [6, 6.07) is 2.83. The van der Waals surface area contributed by atoms with Crippen LogP contribution in [0.4, 0.5) is 5.82 Å². The van der Waals surface area contributed by atoms with Crippen LogP contribution >= 0.6 is 15.9 Å². The van der Waals surface area contributed by atoms with Crippen molar-refractivity contribution in [3.05, 3.63) is 32.4 Å². The predicted octanol–water partition coefficient (Wildman–Crippen LogP) is 1.38. The van der Waals surface area contributed by atoms with Crippen molar-refractivity contribution in [1.29, 1.82) is 0 Å². The van der Waals surface area contributed by atoms with Crippen molar-refractivity contribution in [2.45, 2.75) is 6.42 Å². The summed E-state index contributed by atoms with van der Waals surface area (Å²) in [6.45, 7) is 0. The monoisotopic (exact) mass is 260 g/mol. The Morgan fingerprint density at radius 2 is 2.29 bits per heavy atom. The van der Waals surface area contributed by atoms with E-state index in [1.165, 1.54) is 12.1 Å². The Kier molecular flexibility index (Phi) is 3.13. The Morgan fingerprint density at radius 1 is 1.64 bits per heavy atom. The van der Waals surface area contributed by atoms with Crippen LogP contribution in [-0.2, 0) is 11.2 Å². The molecule has 0 bridgehead atoms. The highest BCUT2D eigenvalue weighted by molar-refractivity contribution is 9.10. The van der Waals surface area contributed by atoms with Gasteiger partial charge in [-0.05, 0) is 22.0 Å². The predicted molar refractivity (Wildman–Crippen MR) is 49.9 cm³/mol. The minimum absolute atomic E-state index is 0.0886. The van der Waals surface area contributed by atoms with E-state index in [0.717, 1.165) is 0 Å². The molecule has 1 aromatic heterocycles. The topological polar surface area (TPSA) is 93.3 Å². The summed E-state index contributed by atoms with van der Waals surface area (Å²) in [4.78, 5) is 23.7. The molecule has 0 aromatic carbocycles. The van der Waals surface area contributed by atoms with Crippen molar-refractivity contribution in [2.75, 3.05) is 0 Å². The number of aliphatic carboxylic acids is 1. The molecule has 0 saturated heterocycles. The van der Waals surface area contributed by atoms with Crippen LogP contribution < -0.4 is 0 Å². The van der Waals surface area contributed by atoms with Gasteiger partial charge in [0.2, 0.25) is 4.60 Å². The summed E-state index contributed by atoms with van der Waals surface area (Å²) in [6.07, 6.45) is -0.406. The number of nitro groups is 1. The first kappa shape index (κ1) is 10.6. The largest absolute Gasteiger partial charge is 0.481 e. The highest BCUT2D eigenvalue weighted by atomic mass is 79.9. The summed E-state index contributed by atoms with van der Waals surface area (Å²) in [5, 5.41) is 19.0. The third-order valence-electron chi connectivity index (χ3n) is 1.44. The second-order valence-corrected chi connectivity index (χ2v) is 3.26. The minimum atomic E-state index is -1.13. The molecule has 7 heteroatoms. The van der Waals surface area contributed by atoms with E-state index in [9.17, 15) is 14.9 Å². The molecule has 1 heterocycles. The van der Waals surface area contributed by atoms with Crippen LogP contribution in [0.3, 0.4) is 0 Å². The van der Waals surface area contributed by atoms with E-state index in [1.807, 2.05) is 0 Å². The van der Waals surface area contributed by atoms with E-state index in [4.69, 9.17) is 5.11 Å². The number of carbonyl (C=O) groups is 1. The van der Waals surface area contributed by atoms with Gasteiger partial charge in [-0.1, -0.05) is 0 Å². The normalized spacial score (nSPS) is 9.79. The number of nitrogens with zero attached hydrogens (tertiary/aromatic N) is 2. The van der Waals surface area contributed by atoms with Gasteiger partial charge in [-0.15, -0.1) is 0 Å². The molecule has 0 radical (unpaired) electrons. The van der Waals surface area contributed by atoms with Crippen LogP contribution in [0.15, 0.2) is 16.7 Å². The van der Waals surface area contributed by atoms with Gasteiger partial charge in [-0.2, -0.15) is 0 Å². The van der Waals surface area contributed by atoms with E-state index in [0.29, 0.717) is 4.60 Å². The Bertz CT molecular complexity index is 393. The molecule has 0 aliphatic carbocycles. The van der Waals surface area contributed by atoms with E-state index in [1.54, 1.807) is 0 Å². The van der Waals surface area contributed by atoms with Crippen molar-refractivity contribution in [1.82, 2.24) is 4.98 Å². The maximum absolute atomic E-state index is 10.5. The summed E-state index contributed by atoms with van der Waals surface area (Å²) in [5.74, 6) is -1.56. The van der Waals surface area contributed by atoms with Crippen molar-refractivity contribution in [3.8, 4) is 0 Å². The van der Waals surface area contributed by atoms with Crippen LogP contribution in [-0.4, -0.2) is 21.0 Å². The van der Waals surface area contributed by atoms with Gasteiger partial charge in [0.25, 0.3) is 0 Å². The van der Waals surface area contributed by atoms with Gasteiger partial charge >= 0.3 is 11.8 Å². The molecule has 0 atom stereocenters. The highest BCUT2D eigenvalue weighted by Gasteiger charge is 2.18. The van der Waals surface area contributed by atoms with Gasteiger partial charge in [0.05, 0.1) is 12.0 Å². The minimum Gasteiger partial charge on any atom is -0.481 e. The number of carboxylic acids is 1. The van der Waals surface area contributed by atoms with Gasteiger partial charge in [0, 0.05) is 15.9 Å². The Morgan fingerprint density at radius 3 is 2.79 bits per heavy atom. The van der Waals surface area contributed by atoms with Crippen LogP contribution in [0.25, 0.3) is 0 Å². The number of hydrogen-bond donors (Lipinski definition) is 1. The van der Waals surface area contributed by atoms with Crippen LogP contribution in [0, 0.1) is 10.1 Å². The lowest BCUT2D eigenvalue weighted by molar-refractivity contribution is -0.390. The first-order chi connectivity index (χ1) is 6.50. The smallest absolute Gasteiger partial charge is 0.368 e. The molecule has 14 heavy (non-hydrogen) atoms. The zero-order chi connectivity index (χ0) is 10.7. The summed E-state index contributed by atoms with van der Waals surface area (Å²) >= 11 is 2.97. The molecule has 74 valence electrons. The fourth-order valence-electron chi connectivity index (χ4n) is 0.913. The maximum Gasteiger partial charge on any atom is 0.368 e. The van der Waals surface area contributed by atoms with Gasteiger partial charge in [0.1, 0.15) is 0 Å². The molecule has 1 N–H and O–H groups in total. The second kappa shape index (κ2) is 4.14. The van der Waals surface area contributed by atoms with Crippen molar-refractivity contribution < 1.29 is 14.8 Å². The van der Waals surface area contributed by atoms with Crippen LogP contribution in [0.5, 0.6) is 0 Å². The fraction of sp³-hybridized carbons (Fsp3) is 0.143. The van der Waals surface area contributed by atoms with E-state index in [2.05, 4.69) is 20.9 Å². The van der Waals surface area contributed by atoms with Crippen LogP contribution in [0.1, 0.15) is 5.56 Å². The molecule has 6 nitrogen and oxygen atoms in total. The third-order valence-corrected chi connectivity index (χ3v) is 1.88. The lowest BCUT2D eigenvalue weighted by atomic mass is 10.2. The summed E-state index contributed by atoms with van der Waals surface area (Å²) < 4.78 is 0.304. The molecular weight excluding hydrogens is 256 g/mol. The van der Waals surface area contributed by atoms with Crippen LogP contribution in [0.2, 0.25) is 0 Å². The molecule has 1 rings (SSSR count). The van der Waals surface area contributed by atoms with E-state index < -0.39 is 23.1 Å². The Labute approximate surface area is 86.9 Å². The maximum atomic E-state index is 10.5. The quantitative estimate of drug-likeness (QED) is 0.504. The number of halogens is 1. The zero-order valence-corrected chi connectivity index (χ0v) is 8.39. The average Bonchev–Trinajstić information content (AvgIpc) is 2.07. The van der Waals surface area contributed by atoms with E-state index in [-0.39, 0.29) is 5.56 Å². The Balaban J connectivity index is 3.14. The third kappa shape index (κ3) is 2.49. The Hall–Kier alpha value is -1.50.